The fraction of sp³-hybridized carbons (Fsp3) is 0.400. The van der Waals surface area contributed by atoms with Crippen LogP contribution in [0.25, 0.3) is 0 Å². The van der Waals surface area contributed by atoms with Gasteiger partial charge in [0.05, 0.1) is 11.6 Å². The summed E-state index contributed by atoms with van der Waals surface area (Å²) >= 11 is 5.77. The van der Waals surface area contributed by atoms with Crippen molar-refractivity contribution in [2.75, 3.05) is 6.61 Å². The van der Waals surface area contributed by atoms with Crippen molar-refractivity contribution in [1.82, 2.24) is 0 Å². The van der Waals surface area contributed by atoms with E-state index in [4.69, 9.17) is 26.4 Å². The average Bonchev–Trinajstić information content (AvgIpc) is 2.21. The van der Waals surface area contributed by atoms with Crippen LogP contribution >= 0.6 is 11.6 Å². The Kier molecular flexibility index (Phi) is 5.05. The molecule has 16 heavy (non-hydrogen) atoms. The van der Waals surface area contributed by atoms with Gasteiger partial charge in [-0.1, -0.05) is 24.9 Å². The molecule has 0 fully saturated rings. The molecule has 0 bridgehead atoms. The van der Waals surface area contributed by atoms with Gasteiger partial charge in [0.15, 0.2) is 11.6 Å². The molecule has 0 atom stereocenters. The van der Waals surface area contributed by atoms with Crippen molar-refractivity contribution >= 4 is 24.2 Å². The standard InChI is InChI=1S/C10H13BClFO3/c1-2-3-4-16-10-8(12)5-7(11(14)15)6-9(10)13/h5-6,14-15H,2-4H2,1H3. The largest absolute Gasteiger partial charge is 0.489 e. The Morgan fingerprint density at radius 1 is 1.44 bits per heavy atom. The van der Waals surface area contributed by atoms with E-state index < -0.39 is 12.9 Å². The van der Waals surface area contributed by atoms with Crippen LogP contribution in [0.5, 0.6) is 5.75 Å². The van der Waals surface area contributed by atoms with Crippen molar-refractivity contribution in [3.8, 4) is 5.75 Å². The molecule has 1 aromatic carbocycles. The molecular formula is C10H13BClFO3. The van der Waals surface area contributed by atoms with Crippen LogP contribution < -0.4 is 10.2 Å². The molecule has 0 saturated carbocycles. The first kappa shape index (κ1) is 13.3. The Morgan fingerprint density at radius 3 is 2.62 bits per heavy atom. The monoisotopic (exact) mass is 246 g/mol. The zero-order chi connectivity index (χ0) is 12.1. The van der Waals surface area contributed by atoms with E-state index in [9.17, 15) is 4.39 Å². The molecule has 0 aliphatic rings. The lowest BCUT2D eigenvalue weighted by atomic mass is 9.80. The van der Waals surface area contributed by atoms with E-state index in [1.807, 2.05) is 6.92 Å². The molecular weight excluding hydrogens is 233 g/mol. The van der Waals surface area contributed by atoms with Crippen molar-refractivity contribution in [3.05, 3.63) is 23.0 Å². The fourth-order valence-electron chi connectivity index (χ4n) is 1.19. The third-order valence-electron chi connectivity index (χ3n) is 2.06. The lowest BCUT2D eigenvalue weighted by molar-refractivity contribution is 0.294. The second-order valence-electron chi connectivity index (χ2n) is 3.39. The van der Waals surface area contributed by atoms with Gasteiger partial charge in [0, 0.05) is 0 Å². The quantitative estimate of drug-likeness (QED) is 0.609. The van der Waals surface area contributed by atoms with E-state index in [2.05, 4.69) is 0 Å². The van der Waals surface area contributed by atoms with Gasteiger partial charge in [0.1, 0.15) is 0 Å². The van der Waals surface area contributed by atoms with Gasteiger partial charge in [-0.05, 0) is 24.0 Å². The van der Waals surface area contributed by atoms with Gasteiger partial charge in [-0.25, -0.2) is 4.39 Å². The van der Waals surface area contributed by atoms with E-state index in [1.54, 1.807) is 0 Å². The van der Waals surface area contributed by atoms with E-state index in [0.29, 0.717) is 6.61 Å². The molecule has 1 rings (SSSR count). The summed E-state index contributed by atoms with van der Waals surface area (Å²) in [7, 11) is -1.74. The minimum Gasteiger partial charge on any atom is -0.489 e. The summed E-state index contributed by atoms with van der Waals surface area (Å²) in [5.74, 6) is -0.730. The van der Waals surface area contributed by atoms with Gasteiger partial charge in [-0.3, -0.25) is 0 Å². The van der Waals surface area contributed by atoms with Gasteiger partial charge in [0.2, 0.25) is 0 Å². The molecule has 88 valence electrons. The predicted molar refractivity (Wildman–Crippen MR) is 61.6 cm³/mol. The minimum absolute atomic E-state index is 0.00495. The summed E-state index contributed by atoms with van der Waals surface area (Å²) < 4.78 is 18.6. The number of hydrogen-bond donors (Lipinski definition) is 2. The molecule has 2 N–H and O–H groups in total. The first-order valence-electron chi connectivity index (χ1n) is 5.04. The predicted octanol–water partition coefficient (Wildman–Crippen LogP) is 1.34. The van der Waals surface area contributed by atoms with E-state index in [0.717, 1.165) is 18.9 Å². The second kappa shape index (κ2) is 6.08. The highest BCUT2D eigenvalue weighted by molar-refractivity contribution is 6.59. The van der Waals surface area contributed by atoms with E-state index >= 15 is 0 Å². The zero-order valence-electron chi connectivity index (χ0n) is 8.91. The van der Waals surface area contributed by atoms with E-state index in [-0.39, 0.29) is 16.2 Å². The third-order valence-corrected chi connectivity index (χ3v) is 2.34. The van der Waals surface area contributed by atoms with Gasteiger partial charge in [-0.2, -0.15) is 0 Å². The Labute approximate surface area is 99.0 Å². The summed E-state index contributed by atoms with van der Waals surface area (Å²) in [6.07, 6.45) is 1.74. The highest BCUT2D eigenvalue weighted by atomic mass is 35.5. The van der Waals surface area contributed by atoms with Gasteiger partial charge in [-0.15, -0.1) is 0 Å². The molecule has 0 spiro atoms. The van der Waals surface area contributed by atoms with Crippen molar-refractivity contribution in [2.45, 2.75) is 19.8 Å². The van der Waals surface area contributed by atoms with E-state index in [1.165, 1.54) is 6.07 Å². The summed E-state index contributed by atoms with van der Waals surface area (Å²) in [5, 5.41) is 17.8. The Hall–Kier alpha value is -0.775. The van der Waals surface area contributed by atoms with Crippen LogP contribution in [0.4, 0.5) is 4.39 Å². The Morgan fingerprint density at radius 2 is 2.12 bits per heavy atom. The maximum atomic E-state index is 13.5. The topological polar surface area (TPSA) is 49.7 Å². The van der Waals surface area contributed by atoms with Crippen LogP contribution in [0.2, 0.25) is 5.02 Å². The molecule has 0 radical (unpaired) electrons. The second-order valence-corrected chi connectivity index (χ2v) is 3.80. The highest BCUT2D eigenvalue weighted by Gasteiger charge is 2.17. The number of hydrogen-bond acceptors (Lipinski definition) is 3. The summed E-state index contributed by atoms with van der Waals surface area (Å²) in [6, 6.07) is 2.27. The number of unbranched alkanes of at least 4 members (excludes halogenated alkanes) is 1. The SMILES string of the molecule is CCCCOc1c(F)cc(B(O)O)cc1Cl. The lowest BCUT2D eigenvalue weighted by Crippen LogP contribution is -2.30. The van der Waals surface area contributed by atoms with Crippen LogP contribution in [0.1, 0.15) is 19.8 Å². The van der Waals surface area contributed by atoms with Crippen molar-refractivity contribution in [1.29, 1.82) is 0 Å². The molecule has 0 unspecified atom stereocenters. The molecule has 0 amide bonds. The number of rotatable bonds is 5. The molecule has 0 heterocycles. The molecule has 1 aromatic rings. The first-order valence-corrected chi connectivity index (χ1v) is 5.42. The summed E-state index contributed by atoms with van der Waals surface area (Å²) in [6.45, 7) is 2.38. The molecule has 0 saturated heterocycles. The highest BCUT2D eigenvalue weighted by Crippen LogP contribution is 2.26. The fourth-order valence-corrected chi connectivity index (χ4v) is 1.46. The minimum atomic E-state index is -1.74. The smallest absolute Gasteiger partial charge is 0.488 e. The molecule has 3 nitrogen and oxygen atoms in total. The Balaban J connectivity index is 2.85. The van der Waals surface area contributed by atoms with Crippen molar-refractivity contribution < 1.29 is 19.2 Å². The zero-order valence-corrected chi connectivity index (χ0v) is 9.67. The number of benzene rings is 1. The van der Waals surface area contributed by atoms with Crippen LogP contribution in [-0.2, 0) is 0 Å². The van der Waals surface area contributed by atoms with Crippen molar-refractivity contribution in [3.63, 3.8) is 0 Å². The van der Waals surface area contributed by atoms with Gasteiger partial charge >= 0.3 is 7.12 Å². The maximum Gasteiger partial charge on any atom is 0.488 e. The van der Waals surface area contributed by atoms with Crippen molar-refractivity contribution in [2.24, 2.45) is 0 Å². The lowest BCUT2D eigenvalue weighted by Gasteiger charge is -2.10. The van der Waals surface area contributed by atoms with Crippen LogP contribution in [0, 0.1) is 5.82 Å². The molecule has 0 aliphatic heterocycles. The molecule has 6 heteroatoms. The van der Waals surface area contributed by atoms with Crippen LogP contribution in [-0.4, -0.2) is 23.8 Å². The average molecular weight is 246 g/mol. The normalized spacial score (nSPS) is 10.3. The van der Waals surface area contributed by atoms with Gasteiger partial charge < -0.3 is 14.8 Å². The third kappa shape index (κ3) is 3.37. The molecule has 0 aliphatic carbocycles. The number of ether oxygens (including phenoxy) is 1. The Bertz CT molecular complexity index is 337. The summed E-state index contributed by atoms with van der Waals surface area (Å²) in [4.78, 5) is 0. The maximum absolute atomic E-state index is 13.5. The first-order chi connectivity index (χ1) is 7.56. The van der Waals surface area contributed by atoms with Gasteiger partial charge in [0.25, 0.3) is 0 Å². The number of halogens is 2. The van der Waals surface area contributed by atoms with Crippen LogP contribution in [0.15, 0.2) is 12.1 Å². The summed E-state index contributed by atoms with van der Waals surface area (Å²) in [5.41, 5.74) is 0.00495. The molecule has 0 aromatic heterocycles. The van der Waals surface area contributed by atoms with Crippen LogP contribution in [0.3, 0.4) is 0 Å².